The number of likely N-dealkylation sites (tertiary alicyclic amines) is 1. The van der Waals surface area contributed by atoms with Gasteiger partial charge in [0.05, 0.1) is 12.7 Å². The number of benzene rings is 2. The van der Waals surface area contributed by atoms with E-state index in [4.69, 9.17) is 16.3 Å². The number of piperidine rings is 1. The Hall–Kier alpha value is -3.12. The summed E-state index contributed by atoms with van der Waals surface area (Å²) in [4.78, 5) is 39.4. The summed E-state index contributed by atoms with van der Waals surface area (Å²) in [5.74, 6) is -1.53. The minimum Gasteiger partial charge on any atom is -0.468 e. The van der Waals surface area contributed by atoms with Crippen molar-refractivity contribution in [1.82, 2.24) is 4.90 Å². The second-order valence-electron chi connectivity index (χ2n) is 7.99. The van der Waals surface area contributed by atoms with Crippen LogP contribution < -0.4 is 4.74 Å². The summed E-state index contributed by atoms with van der Waals surface area (Å²) in [6, 6.07) is 12.0. The zero-order valence-corrected chi connectivity index (χ0v) is 18.2. The molecular weight excluding hydrogens is 418 g/mol. The summed E-state index contributed by atoms with van der Waals surface area (Å²) >= 11 is 6.18. The first-order chi connectivity index (χ1) is 14.7. The van der Waals surface area contributed by atoms with Crippen LogP contribution in [-0.4, -0.2) is 42.4 Å². The molecule has 2 heterocycles. The number of ether oxygens (including phenoxy) is 2. The van der Waals surface area contributed by atoms with Crippen molar-refractivity contribution in [2.75, 3.05) is 14.2 Å². The Labute approximate surface area is 185 Å². The minimum atomic E-state index is -0.857. The molecule has 2 aliphatic heterocycles. The molecule has 0 aliphatic carbocycles. The van der Waals surface area contributed by atoms with Crippen molar-refractivity contribution in [3.05, 3.63) is 70.3 Å². The number of methoxy groups -OCH3 is 1. The highest BCUT2D eigenvalue weighted by Gasteiger charge is 2.54. The van der Waals surface area contributed by atoms with Crippen LogP contribution in [0.4, 0.5) is 0 Å². The molecule has 160 valence electrons. The quantitative estimate of drug-likeness (QED) is 0.407. The molecule has 0 radical (unpaired) electrons. The fourth-order valence-corrected chi connectivity index (χ4v) is 4.45. The van der Waals surface area contributed by atoms with Crippen LogP contribution in [0.25, 0.3) is 6.08 Å². The largest absolute Gasteiger partial charge is 0.468 e. The van der Waals surface area contributed by atoms with E-state index in [1.165, 1.54) is 18.1 Å². The van der Waals surface area contributed by atoms with Gasteiger partial charge < -0.3 is 14.4 Å². The first kappa shape index (κ1) is 21.1. The number of nitrogens with zero attached hydrogens (tertiary/aromatic N) is 1. The molecule has 1 fully saturated rings. The maximum Gasteiger partial charge on any atom is 0.337 e. The van der Waals surface area contributed by atoms with E-state index in [1.807, 2.05) is 6.92 Å². The monoisotopic (exact) mass is 439 g/mol. The van der Waals surface area contributed by atoms with E-state index >= 15 is 0 Å². The number of halogens is 1. The number of hydrogen-bond acceptors (Lipinski definition) is 5. The van der Waals surface area contributed by atoms with E-state index in [1.54, 1.807) is 55.6 Å². The maximum absolute atomic E-state index is 13.2. The summed E-state index contributed by atoms with van der Waals surface area (Å²) < 4.78 is 10.8. The van der Waals surface area contributed by atoms with Gasteiger partial charge in [0, 0.05) is 30.0 Å². The average Bonchev–Trinajstić information content (AvgIpc) is 2.76. The van der Waals surface area contributed by atoms with Gasteiger partial charge in [0.1, 0.15) is 11.7 Å². The summed E-state index contributed by atoms with van der Waals surface area (Å²) in [5, 5.41) is 0.532. The van der Waals surface area contributed by atoms with E-state index in [2.05, 4.69) is 4.74 Å². The fourth-order valence-electron chi connectivity index (χ4n) is 4.27. The second-order valence-corrected chi connectivity index (χ2v) is 8.43. The molecule has 31 heavy (non-hydrogen) atoms. The average molecular weight is 440 g/mol. The third-order valence-electron chi connectivity index (χ3n) is 6.09. The van der Waals surface area contributed by atoms with Crippen LogP contribution in [0.2, 0.25) is 5.02 Å². The summed E-state index contributed by atoms with van der Waals surface area (Å²) in [5.41, 5.74) is 1.12. The lowest BCUT2D eigenvalue weighted by atomic mass is 9.72. The van der Waals surface area contributed by atoms with E-state index in [-0.39, 0.29) is 17.6 Å². The molecule has 3 unspecified atom stereocenters. The number of hydrogen-bond donors (Lipinski definition) is 0. The third-order valence-corrected chi connectivity index (χ3v) is 6.32. The van der Waals surface area contributed by atoms with Crippen molar-refractivity contribution in [1.29, 1.82) is 0 Å². The van der Waals surface area contributed by atoms with Crippen LogP contribution in [0.3, 0.4) is 0 Å². The van der Waals surface area contributed by atoms with Gasteiger partial charge in [-0.1, -0.05) is 29.8 Å². The van der Waals surface area contributed by atoms with Crippen molar-refractivity contribution < 1.29 is 23.9 Å². The van der Waals surface area contributed by atoms with Gasteiger partial charge in [-0.25, -0.2) is 4.79 Å². The fraction of sp³-hybridized carbons (Fsp3) is 0.292. The maximum atomic E-state index is 13.2. The Morgan fingerprint density at radius 3 is 2.61 bits per heavy atom. The van der Waals surface area contributed by atoms with Gasteiger partial charge in [0.15, 0.2) is 11.5 Å². The molecule has 0 aromatic heterocycles. The van der Waals surface area contributed by atoms with Crippen molar-refractivity contribution in [3.8, 4) is 5.75 Å². The number of allylic oxidation sites excluding steroid dienone is 1. The van der Waals surface area contributed by atoms with Crippen LogP contribution in [0, 0.1) is 5.92 Å². The topological polar surface area (TPSA) is 72.9 Å². The number of carbonyl (C=O) groups is 3. The smallest absolute Gasteiger partial charge is 0.337 e. The van der Waals surface area contributed by atoms with Gasteiger partial charge in [0.2, 0.25) is 5.91 Å². The molecule has 4 rings (SSSR count). The molecular formula is C24H22ClNO5. The van der Waals surface area contributed by atoms with Gasteiger partial charge in [-0.2, -0.15) is 0 Å². The second kappa shape index (κ2) is 7.85. The van der Waals surface area contributed by atoms with Crippen molar-refractivity contribution in [2.24, 2.45) is 5.92 Å². The number of fused-ring (bicyclic) bond motifs is 4. The van der Waals surface area contributed by atoms with E-state index in [0.717, 1.165) is 11.1 Å². The lowest BCUT2D eigenvalue weighted by molar-refractivity contribution is -0.170. The summed E-state index contributed by atoms with van der Waals surface area (Å²) in [6.45, 7) is 1.86. The summed E-state index contributed by atoms with van der Waals surface area (Å²) in [6.07, 6.45) is 3.56. The molecule has 2 aromatic rings. The molecule has 6 nitrogen and oxygen atoms in total. The Morgan fingerprint density at radius 2 is 1.94 bits per heavy atom. The molecule has 3 atom stereocenters. The van der Waals surface area contributed by atoms with E-state index in [9.17, 15) is 14.4 Å². The zero-order valence-electron chi connectivity index (χ0n) is 17.4. The third kappa shape index (κ3) is 3.72. The predicted molar refractivity (Wildman–Crippen MR) is 116 cm³/mol. The van der Waals surface area contributed by atoms with E-state index in [0.29, 0.717) is 22.8 Å². The normalized spacial score (nSPS) is 24.5. The van der Waals surface area contributed by atoms with Crippen molar-refractivity contribution in [3.63, 3.8) is 0 Å². The standard InChI is InChI=1S/C24H22ClNO5/c1-24-13-18(17-12-16(25)9-11-20(17)31-24)21(22(28)26(24)2)19(27)10-6-14-4-7-15(8-5-14)23(29)30-3/h4-12,18,21H,13H2,1-3H3/b10-6+. The zero-order chi connectivity index (χ0) is 22.3. The van der Waals surface area contributed by atoms with Crippen LogP contribution in [-0.2, 0) is 14.3 Å². The molecule has 1 amide bonds. The van der Waals surface area contributed by atoms with E-state index < -0.39 is 17.6 Å². The molecule has 1 saturated heterocycles. The summed E-state index contributed by atoms with van der Waals surface area (Å²) in [7, 11) is 2.98. The molecule has 2 aromatic carbocycles. The van der Waals surface area contributed by atoms with Gasteiger partial charge in [-0.05, 0) is 48.9 Å². The Bertz CT molecular complexity index is 1090. The Balaban J connectivity index is 1.63. The number of amides is 1. The lowest BCUT2D eigenvalue weighted by Gasteiger charge is -2.51. The first-order valence-corrected chi connectivity index (χ1v) is 10.3. The van der Waals surface area contributed by atoms with Gasteiger partial charge in [0.25, 0.3) is 0 Å². The Kier molecular flexibility index (Phi) is 5.35. The number of rotatable bonds is 4. The molecule has 2 aliphatic rings. The molecule has 2 bridgehead atoms. The number of carbonyl (C=O) groups excluding carboxylic acids is 3. The Morgan fingerprint density at radius 1 is 1.23 bits per heavy atom. The van der Waals surface area contributed by atoms with Gasteiger partial charge in [-0.3, -0.25) is 9.59 Å². The first-order valence-electron chi connectivity index (χ1n) is 9.90. The lowest BCUT2D eigenvalue weighted by Crippen LogP contribution is -2.62. The van der Waals surface area contributed by atoms with Crippen molar-refractivity contribution >= 4 is 35.3 Å². The van der Waals surface area contributed by atoms with Crippen LogP contribution in [0.5, 0.6) is 5.75 Å². The van der Waals surface area contributed by atoms with Gasteiger partial charge >= 0.3 is 5.97 Å². The number of ketones is 1. The number of esters is 1. The minimum absolute atomic E-state index is 0.278. The highest BCUT2D eigenvalue weighted by atomic mass is 35.5. The molecule has 7 heteroatoms. The predicted octanol–water partition coefficient (Wildman–Crippen LogP) is 4.08. The van der Waals surface area contributed by atoms with Crippen molar-refractivity contribution in [2.45, 2.75) is 25.0 Å². The highest BCUT2D eigenvalue weighted by molar-refractivity contribution is 6.30. The molecule has 0 saturated carbocycles. The molecule has 0 N–H and O–H groups in total. The molecule has 0 spiro atoms. The van der Waals surface area contributed by atoms with Gasteiger partial charge in [-0.15, -0.1) is 0 Å². The van der Waals surface area contributed by atoms with Crippen LogP contribution >= 0.6 is 11.6 Å². The highest BCUT2D eigenvalue weighted by Crippen LogP contribution is 2.50. The van der Waals surface area contributed by atoms with Crippen LogP contribution in [0.15, 0.2) is 48.5 Å². The SMILES string of the molecule is COC(=O)c1ccc(/C=C/C(=O)C2C(=O)N(C)C3(C)CC2c2cc(Cl)ccc2O3)cc1. The van der Waals surface area contributed by atoms with Crippen LogP contribution in [0.1, 0.15) is 40.7 Å².